The summed E-state index contributed by atoms with van der Waals surface area (Å²) in [5.74, 6) is 0.148. The Labute approximate surface area is 86.9 Å². The van der Waals surface area contributed by atoms with Crippen LogP contribution in [0.25, 0.3) is 10.9 Å². The second-order valence-corrected chi connectivity index (χ2v) is 3.83. The van der Waals surface area contributed by atoms with E-state index in [0.717, 1.165) is 23.0 Å². The van der Waals surface area contributed by atoms with E-state index in [1.807, 2.05) is 28.8 Å². The maximum absolute atomic E-state index is 11.7. The molecule has 0 fully saturated rings. The number of hydrogen-bond acceptors (Lipinski definition) is 2. The van der Waals surface area contributed by atoms with E-state index in [1.54, 1.807) is 0 Å². The van der Waals surface area contributed by atoms with Crippen LogP contribution in [-0.2, 0) is 13.2 Å². The van der Waals surface area contributed by atoms with Crippen LogP contribution in [0.3, 0.4) is 0 Å². The number of hydrogen-bond donors (Lipinski definition) is 1. The number of aryl methyl sites for hydroxylation is 1. The van der Waals surface area contributed by atoms with Crippen LogP contribution in [0.15, 0.2) is 24.3 Å². The molecule has 0 bridgehead atoms. The predicted molar refractivity (Wildman–Crippen MR) is 56.8 cm³/mol. The van der Waals surface area contributed by atoms with Gasteiger partial charge in [0.25, 0.3) is 0 Å². The number of ketones is 1. The number of Topliss-reactive ketones (excluding diaryl/α,β-unsaturated/α-hetero) is 1. The highest BCUT2D eigenvalue weighted by atomic mass is 16.3. The van der Waals surface area contributed by atoms with Crippen LogP contribution in [0.2, 0.25) is 0 Å². The summed E-state index contributed by atoms with van der Waals surface area (Å²) in [6.07, 6.45) is 0.563. The second kappa shape index (κ2) is 2.94. The minimum Gasteiger partial charge on any atom is -0.392 e. The van der Waals surface area contributed by atoms with Gasteiger partial charge in [-0.25, -0.2) is 0 Å². The Morgan fingerprint density at radius 3 is 2.93 bits per heavy atom. The molecule has 1 aromatic heterocycles. The van der Waals surface area contributed by atoms with E-state index in [1.165, 1.54) is 0 Å². The average molecular weight is 201 g/mol. The summed E-state index contributed by atoms with van der Waals surface area (Å²) < 4.78 is 2.02. The fourth-order valence-electron chi connectivity index (χ4n) is 2.42. The number of benzene rings is 1. The first-order chi connectivity index (χ1) is 7.33. The van der Waals surface area contributed by atoms with Gasteiger partial charge in [-0.3, -0.25) is 4.79 Å². The maximum atomic E-state index is 11.7. The fourth-order valence-corrected chi connectivity index (χ4v) is 2.42. The normalized spacial score (nSPS) is 14.9. The molecule has 2 heterocycles. The molecule has 0 amide bonds. The van der Waals surface area contributed by atoms with Gasteiger partial charge in [0.2, 0.25) is 0 Å². The number of carbonyl (C=O) groups is 1. The largest absolute Gasteiger partial charge is 0.392 e. The Bertz CT molecular complexity index is 539. The van der Waals surface area contributed by atoms with Gasteiger partial charge in [-0.05, 0) is 6.07 Å². The molecule has 76 valence electrons. The lowest BCUT2D eigenvalue weighted by atomic mass is 10.1. The highest BCUT2D eigenvalue weighted by Gasteiger charge is 2.26. The number of carbonyl (C=O) groups excluding carboxylic acids is 1. The van der Waals surface area contributed by atoms with Crippen molar-refractivity contribution in [3.63, 3.8) is 0 Å². The summed E-state index contributed by atoms with van der Waals surface area (Å²) in [5.41, 5.74) is 2.55. The van der Waals surface area contributed by atoms with Crippen LogP contribution in [0.4, 0.5) is 0 Å². The number of nitrogens with zero attached hydrogens (tertiary/aromatic N) is 1. The van der Waals surface area contributed by atoms with Gasteiger partial charge in [-0.15, -0.1) is 0 Å². The highest BCUT2D eigenvalue weighted by Crippen LogP contribution is 2.31. The molecular formula is C12H11NO2. The van der Waals surface area contributed by atoms with E-state index in [-0.39, 0.29) is 12.4 Å². The molecule has 0 spiro atoms. The molecule has 0 aliphatic carbocycles. The van der Waals surface area contributed by atoms with Gasteiger partial charge in [0, 0.05) is 29.4 Å². The molecule has 2 aromatic rings. The summed E-state index contributed by atoms with van der Waals surface area (Å²) in [5, 5.41) is 10.3. The Morgan fingerprint density at radius 1 is 1.33 bits per heavy atom. The van der Waals surface area contributed by atoms with Crippen molar-refractivity contribution in [2.45, 2.75) is 19.6 Å². The van der Waals surface area contributed by atoms with Crippen molar-refractivity contribution >= 4 is 16.7 Å². The van der Waals surface area contributed by atoms with Crippen LogP contribution in [0.5, 0.6) is 0 Å². The fraction of sp³-hybridized carbons (Fsp3) is 0.250. The zero-order valence-corrected chi connectivity index (χ0v) is 8.23. The summed E-state index contributed by atoms with van der Waals surface area (Å²) >= 11 is 0. The number of aliphatic hydroxyl groups is 1. The van der Waals surface area contributed by atoms with E-state index in [2.05, 4.69) is 0 Å². The predicted octanol–water partition coefficient (Wildman–Crippen LogP) is 1.72. The molecule has 3 nitrogen and oxygen atoms in total. The Balaban J connectivity index is 2.46. The standard InChI is InChI=1S/C12H11NO2/c14-7-9-8-3-1-2-4-10(8)13-6-5-11(15)12(9)13/h1-4,14H,5-7H2. The molecule has 1 aliphatic rings. The zero-order valence-electron chi connectivity index (χ0n) is 8.23. The summed E-state index contributed by atoms with van der Waals surface area (Å²) in [6.45, 7) is 0.684. The van der Waals surface area contributed by atoms with Crippen molar-refractivity contribution in [3.05, 3.63) is 35.5 Å². The quantitative estimate of drug-likeness (QED) is 0.763. The third kappa shape index (κ3) is 1.01. The van der Waals surface area contributed by atoms with Crippen LogP contribution in [-0.4, -0.2) is 15.5 Å². The summed E-state index contributed by atoms with van der Waals surface area (Å²) in [7, 11) is 0. The van der Waals surface area contributed by atoms with Gasteiger partial charge in [-0.2, -0.15) is 0 Å². The first kappa shape index (κ1) is 8.68. The van der Waals surface area contributed by atoms with E-state index in [4.69, 9.17) is 0 Å². The van der Waals surface area contributed by atoms with Gasteiger partial charge >= 0.3 is 0 Å². The first-order valence-electron chi connectivity index (χ1n) is 5.07. The average Bonchev–Trinajstić information content (AvgIpc) is 2.78. The lowest BCUT2D eigenvalue weighted by Gasteiger charge is -1.96. The number of rotatable bonds is 1. The molecule has 15 heavy (non-hydrogen) atoms. The molecule has 1 aromatic carbocycles. The number of fused-ring (bicyclic) bond motifs is 3. The lowest BCUT2D eigenvalue weighted by molar-refractivity contribution is 0.0992. The summed E-state index contributed by atoms with van der Waals surface area (Å²) in [6, 6.07) is 7.84. The van der Waals surface area contributed by atoms with Crippen LogP contribution in [0.1, 0.15) is 22.5 Å². The molecule has 3 rings (SSSR count). The monoisotopic (exact) mass is 201 g/mol. The van der Waals surface area contributed by atoms with Crippen LogP contribution >= 0.6 is 0 Å². The minimum absolute atomic E-state index is 0.0609. The van der Waals surface area contributed by atoms with Crippen molar-refractivity contribution in [2.24, 2.45) is 0 Å². The molecule has 3 heteroatoms. The number of aliphatic hydroxyl groups excluding tert-OH is 1. The van der Waals surface area contributed by atoms with Crippen molar-refractivity contribution in [1.29, 1.82) is 0 Å². The van der Waals surface area contributed by atoms with Crippen molar-refractivity contribution < 1.29 is 9.90 Å². The minimum atomic E-state index is -0.0609. The van der Waals surface area contributed by atoms with E-state index >= 15 is 0 Å². The summed E-state index contributed by atoms with van der Waals surface area (Å²) in [4.78, 5) is 11.7. The molecular weight excluding hydrogens is 190 g/mol. The van der Waals surface area contributed by atoms with Gasteiger partial charge in [0.1, 0.15) is 0 Å². The smallest absolute Gasteiger partial charge is 0.181 e. The Kier molecular flexibility index (Phi) is 1.70. The zero-order chi connectivity index (χ0) is 10.4. The molecule has 1 aliphatic heterocycles. The second-order valence-electron chi connectivity index (χ2n) is 3.83. The number of para-hydroxylation sites is 1. The topological polar surface area (TPSA) is 42.2 Å². The van der Waals surface area contributed by atoms with Gasteiger partial charge in [0.05, 0.1) is 12.3 Å². The molecule has 0 saturated carbocycles. The first-order valence-corrected chi connectivity index (χ1v) is 5.07. The van der Waals surface area contributed by atoms with Gasteiger partial charge < -0.3 is 9.67 Å². The van der Waals surface area contributed by atoms with Crippen molar-refractivity contribution in [2.75, 3.05) is 0 Å². The SMILES string of the molecule is O=C1CCn2c1c(CO)c1ccccc12. The van der Waals surface area contributed by atoms with Gasteiger partial charge in [0.15, 0.2) is 5.78 Å². The van der Waals surface area contributed by atoms with E-state index in [0.29, 0.717) is 12.1 Å². The molecule has 0 saturated heterocycles. The van der Waals surface area contributed by atoms with Gasteiger partial charge in [-0.1, -0.05) is 18.2 Å². The highest BCUT2D eigenvalue weighted by molar-refractivity contribution is 6.04. The Hall–Kier alpha value is -1.61. The Morgan fingerprint density at radius 2 is 2.13 bits per heavy atom. The maximum Gasteiger partial charge on any atom is 0.181 e. The lowest BCUT2D eigenvalue weighted by Crippen LogP contribution is -1.97. The molecule has 0 unspecified atom stereocenters. The molecule has 1 N–H and O–H groups in total. The van der Waals surface area contributed by atoms with Crippen molar-refractivity contribution in [1.82, 2.24) is 4.57 Å². The van der Waals surface area contributed by atoms with E-state index < -0.39 is 0 Å². The van der Waals surface area contributed by atoms with E-state index in [9.17, 15) is 9.90 Å². The molecule has 0 atom stereocenters. The third-order valence-electron chi connectivity index (χ3n) is 3.06. The van der Waals surface area contributed by atoms with Crippen molar-refractivity contribution in [3.8, 4) is 0 Å². The third-order valence-corrected chi connectivity index (χ3v) is 3.06. The molecule has 0 radical (unpaired) electrons. The van der Waals surface area contributed by atoms with Crippen LogP contribution in [0, 0.1) is 0 Å². The number of aromatic nitrogens is 1. The van der Waals surface area contributed by atoms with Crippen LogP contribution < -0.4 is 0 Å².